The summed E-state index contributed by atoms with van der Waals surface area (Å²) in [6, 6.07) is 10.9. The molecule has 0 aliphatic carbocycles. The van der Waals surface area contributed by atoms with Gasteiger partial charge in [0.1, 0.15) is 12.3 Å². The van der Waals surface area contributed by atoms with Gasteiger partial charge in [-0.05, 0) is 46.5 Å². The number of hydrogen-bond acceptors (Lipinski definition) is 4. The number of benzene rings is 1. The van der Waals surface area contributed by atoms with Crippen molar-refractivity contribution in [3.8, 4) is 0 Å². The topological polar surface area (TPSA) is 62.6 Å². The Bertz CT molecular complexity index is 676. The summed E-state index contributed by atoms with van der Waals surface area (Å²) >= 11 is 4.99. The molecule has 0 spiro atoms. The smallest absolute Gasteiger partial charge is 0.244 e. The Morgan fingerprint density at radius 3 is 2.71 bits per heavy atom. The fourth-order valence-electron chi connectivity index (χ4n) is 2.10. The Hall–Kier alpha value is -1.73. The van der Waals surface area contributed by atoms with Gasteiger partial charge in [-0.25, -0.2) is 0 Å². The number of carbonyl (C=O) groups excluding carboxylic acids is 2. The first-order valence-corrected chi connectivity index (χ1v) is 9.62. The minimum atomic E-state index is -0.244. The molecule has 24 heavy (non-hydrogen) atoms. The first-order valence-electron chi connectivity index (χ1n) is 7.43. The number of thioether (sulfide) groups is 1. The Balaban J connectivity index is 2.02. The van der Waals surface area contributed by atoms with Gasteiger partial charge in [0.15, 0.2) is 0 Å². The van der Waals surface area contributed by atoms with E-state index in [-0.39, 0.29) is 24.9 Å². The Labute approximate surface area is 153 Å². The number of nitrogens with zero attached hydrogens (tertiary/aromatic N) is 1. The van der Waals surface area contributed by atoms with Crippen LogP contribution in [-0.2, 0) is 16.1 Å². The standard InChI is InChI=1S/C17H19BrN2O3S/c1-24-10-8-17(22)20(11-13-5-4-9-23-13)12-16(21)19-15-7-3-2-6-14(15)18/h2-7,9H,8,10-12H2,1H3,(H,19,21). The summed E-state index contributed by atoms with van der Waals surface area (Å²) in [5, 5.41) is 2.82. The van der Waals surface area contributed by atoms with Gasteiger partial charge in [0.05, 0.1) is 18.5 Å². The minimum absolute atomic E-state index is 0.0186. The number of halogens is 1. The molecule has 0 saturated heterocycles. The number of rotatable bonds is 8. The van der Waals surface area contributed by atoms with Crippen LogP contribution in [0.25, 0.3) is 0 Å². The highest BCUT2D eigenvalue weighted by Crippen LogP contribution is 2.21. The molecule has 1 aromatic carbocycles. The molecule has 0 saturated carbocycles. The molecule has 0 bridgehead atoms. The molecule has 0 atom stereocenters. The lowest BCUT2D eigenvalue weighted by molar-refractivity contribution is -0.135. The van der Waals surface area contributed by atoms with Crippen molar-refractivity contribution in [2.24, 2.45) is 0 Å². The van der Waals surface area contributed by atoms with E-state index in [1.165, 1.54) is 4.90 Å². The van der Waals surface area contributed by atoms with Gasteiger partial charge in [-0.1, -0.05) is 12.1 Å². The molecule has 2 rings (SSSR count). The maximum absolute atomic E-state index is 12.4. The van der Waals surface area contributed by atoms with Gasteiger partial charge in [-0.3, -0.25) is 9.59 Å². The zero-order valence-electron chi connectivity index (χ0n) is 13.3. The normalized spacial score (nSPS) is 10.4. The van der Waals surface area contributed by atoms with Gasteiger partial charge in [-0.15, -0.1) is 0 Å². The third-order valence-electron chi connectivity index (χ3n) is 3.28. The Morgan fingerprint density at radius 2 is 2.04 bits per heavy atom. The van der Waals surface area contributed by atoms with Crippen LogP contribution >= 0.6 is 27.7 Å². The van der Waals surface area contributed by atoms with E-state index in [9.17, 15) is 9.59 Å². The van der Waals surface area contributed by atoms with Crippen molar-refractivity contribution >= 4 is 45.2 Å². The van der Waals surface area contributed by atoms with Gasteiger partial charge in [-0.2, -0.15) is 11.8 Å². The zero-order chi connectivity index (χ0) is 17.4. The summed E-state index contributed by atoms with van der Waals surface area (Å²) < 4.78 is 6.10. The average Bonchev–Trinajstić information content (AvgIpc) is 3.07. The van der Waals surface area contributed by atoms with E-state index in [0.29, 0.717) is 17.9 Å². The van der Waals surface area contributed by atoms with Crippen LogP contribution in [0.15, 0.2) is 51.6 Å². The van der Waals surface area contributed by atoms with Crippen molar-refractivity contribution < 1.29 is 14.0 Å². The van der Waals surface area contributed by atoms with Gasteiger partial charge in [0.2, 0.25) is 11.8 Å². The van der Waals surface area contributed by atoms with Crippen molar-refractivity contribution in [1.82, 2.24) is 4.90 Å². The molecule has 5 nitrogen and oxygen atoms in total. The molecule has 1 N–H and O–H groups in total. The SMILES string of the molecule is CSCCC(=O)N(CC(=O)Nc1ccccc1Br)Cc1ccco1. The van der Waals surface area contributed by atoms with Crippen molar-refractivity contribution in [1.29, 1.82) is 0 Å². The van der Waals surface area contributed by atoms with E-state index in [1.807, 2.05) is 24.5 Å². The van der Waals surface area contributed by atoms with Crippen LogP contribution in [0.3, 0.4) is 0 Å². The van der Waals surface area contributed by atoms with Crippen molar-refractivity contribution in [2.75, 3.05) is 23.9 Å². The predicted octanol–water partition coefficient (Wildman–Crippen LogP) is 3.76. The number of hydrogen-bond donors (Lipinski definition) is 1. The molecular weight excluding hydrogens is 392 g/mol. The van der Waals surface area contributed by atoms with Gasteiger partial charge in [0, 0.05) is 16.6 Å². The zero-order valence-corrected chi connectivity index (χ0v) is 15.7. The van der Waals surface area contributed by atoms with E-state index in [0.717, 1.165) is 10.2 Å². The molecule has 2 amide bonds. The number of furan rings is 1. The van der Waals surface area contributed by atoms with Gasteiger partial charge < -0.3 is 14.6 Å². The molecule has 0 radical (unpaired) electrons. The summed E-state index contributed by atoms with van der Waals surface area (Å²) in [5.74, 6) is 1.06. The first-order chi connectivity index (χ1) is 11.6. The van der Waals surface area contributed by atoms with Crippen LogP contribution in [0.5, 0.6) is 0 Å². The molecule has 2 aromatic rings. The monoisotopic (exact) mass is 410 g/mol. The molecular formula is C17H19BrN2O3S. The summed E-state index contributed by atoms with van der Waals surface area (Å²) in [4.78, 5) is 26.2. The summed E-state index contributed by atoms with van der Waals surface area (Å²) in [5.41, 5.74) is 0.678. The third-order valence-corrected chi connectivity index (χ3v) is 4.59. The van der Waals surface area contributed by atoms with Crippen LogP contribution in [0.2, 0.25) is 0 Å². The number of anilines is 1. The second-order valence-corrected chi connectivity index (χ2v) is 6.94. The number of amides is 2. The largest absolute Gasteiger partial charge is 0.467 e. The molecule has 1 heterocycles. The van der Waals surface area contributed by atoms with E-state index >= 15 is 0 Å². The average molecular weight is 411 g/mol. The first kappa shape index (κ1) is 18.6. The lowest BCUT2D eigenvalue weighted by atomic mass is 10.3. The van der Waals surface area contributed by atoms with Gasteiger partial charge >= 0.3 is 0 Å². The van der Waals surface area contributed by atoms with Crippen molar-refractivity contribution in [2.45, 2.75) is 13.0 Å². The molecule has 0 aliphatic rings. The van der Waals surface area contributed by atoms with E-state index in [1.54, 1.807) is 36.2 Å². The van der Waals surface area contributed by atoms with E-state index in [4.69, 9.17) is 4.42 Å². The van der Waals surface area contributed by atoms with Gasteiger partial charge in [0.25, 0.3) is 0 Å². The molecule has 0 aliphatic heterocycles. The summed E-state index contributed by atoms with van der Waals surface area (Å²) in [6.45, 7) is 0.263. The summed E-state index contributed by atoms with van der Waals surface area (Å²) in [6.07, 6.45) is 3.90. The molecule has 0 unspecified atom stereocenters. The molecule has 128 valence electrons. The molecule has 0 fully saturated rings. The fourth-order valence-corrected chi connectivity index (χ4v) is 2.86. The fraction of sp³-hybridized carbons (Fsp3) is 0.294. The van der Waals surface area contributed by atoms with Crippen LogP contribution in [0.4, 0.5) is 5.69 Å². The van der Waals surface area contributed by atoms with Crippen LogP contribution in [-0.4, -0.2) is 35.3 Å². The predicted molar refractivity (Wildman–Crippen MR) is 99.9 cm³/mol. The number of carbonyl (C=O) groups is 2. The van der Waals surface area contributed by atoms with Crippen LogP contribution < -0.4 is 5.32 Å². The summed E-state index contributed by atoms with van der Waals surface area (Å²) in [7, 11) is 0. The maximum Gasteiger partial charge on any atom is 0.244 e. The van der Waals surface area contributed by atoms with Crippen molar-refractivity contribution in [3.05, 3.63) is 52.9 Å². The quantitative estimate of drug-likeness (QED) is 0.719. The highest BCUT2D eigenvalue weighted by molar-refractivity contribution is 9.10. The highest BCUT2D eigenvalue weighted by Gasteiger charge is 2.19. The number of nitrogens with one attached hydrogen (secondary N) is 1. The van der Waals surface area contributed by atoms with E-state index < -0.39 is 0 Å². The van der Waals surface area contributed by atoms with Crippen LogP contribution in [0.1, 0.15) is 12.2 Å². The second-order valence-electron chi connectivity index (χ2n) is 5.10. The van der Waals surface area contributed by atoms with Crippen LogP contribution in [0, 0.1) is 0 Å². The number of para-hydroxylation sites is 1. The lowest BCUT2D eigenvalue weighted by Gasteiger charge is -2.21. The van der Waals surface area contributed by atoms with Crippen molar-refractivity contribution in [3.63, 3.8) is 0 Å². The minimum Gasteiger partial charge on any atom is -0.467 e. The second kappa shape index (κ2) is 9.54. The maximum atomic E-state index is 12.4. The Morgan fingerprint density at radius 1 is 1.25 bits per heavy atom. The lowest BCUT2D eigenvalue weighted by Crippen LogP contribution is -2.37. The Kier molecular flexibility index (Phi) is 7.39. The molecule has 7 heteroatoms. The molecule has 1 aromatic heterocycles. The third kappa shape index (κ3) is 5.72. The van der Waals surface area contributed by atoms with E-state index in [2.05, 4.69) is 21.2 Å². The highest BCUT2D eigenvalue weighted by atomic mass is 79.9.